The highest BCUT2D eigenvalue weighted by molar-refractivity contribution is 7.53. The van der Waals surface area contributed by atoms with Crippen LogP contribution in [0.2, 0.25) is 0 Å². The van der Waals surface area contributed by atoms with Crippen LogP contribution in [0.15, 0.2) is 45.3 Å². The van der Waals surface area contributed by atoms with E-state index in [0.717, 1.165) is 0 Å². The van der Waals surface area contributed by atoms with Gasteiger partial charge >= 0.3 is 7.60 Å². The van der Waals surface area contributed by atoms with Gasteiger partial charge in [0.15, 0.2) is 6.35 Å². The second-order valence-electron chi connectivity index (χ2n) is 5.75. The number of hydrogen-bond acceptors (Lipinski definition) is 8. The summed E-state index contributed by atoms with van der Waals surface area (Å²) in [5, 5.41) is 0. The molecule has 3 rings (SSSR count). The van der Waals surface area contributed by atoms with Gasteiger partial charge in [-0.2, -0.15) is 0 Å². The van der Waals surface area contributed by atoms with Crippen LogP contribution in [0.5, 0.6) is 5.75 Å². The van der Waals surface area contributed by atoms with E-state index in [1.54, 1.807) is 48.5 Å². The molecule has 0 aliphatic carbocycles. The molecule has 25 heavy (non-hydrogen) atoms. The number of rotatable bonds is 7. The number of nitrogens with two attached hydrogens (primary N) is 1. The summed E-state index contributed by atoms with van der Waals surface area (Å²) in [4.78, 5) is 24.2. The highest BCUT2D eigenvalue weighted by atomic mass is 31.2. The van der Waals surface area contributed by atoms with Crippen LogP contribution in [0.4, 0.5) is 0 Å². The van der Waals surface area contributed by atoms with E-state index in [0.29, 0.717) is 18.1 Å². The van der Waals surface area contributed by atoms with Gasteiger partial charge in [0.1, 0.15) is 30.1 Å². The van der Waals surface area contributed by atoms with Crippen molar-refractivity contribution < 1.29 is 18.7 Å². The first-order valence-corrected chi connectivity index (χ1v) is 9.54. The van der Waals surface area contributed by atoms with Gasteiger partial charge in [-0.05, 0) is 19.1 Å². The Bertz CT molecular complexity index is 739. The minimum Gasteiger partial charge on any atom is -0.423 e. The van der Waals surface area contributed by atoms with Crippen molar-refractivity contribution in [1.29, 1.82) is 0 Å². The molecule has 4 unspecified atom stereocenters. The minimum atomic E-state index is -3.90. The Morgan fingerprint density at radius 2 is 2.12 bits per heavy atom. The molecule has 134 valence electrons. The number of nitrogens with zero attached hydrogens (tertiary/aromatic N) is 4. The summed E-state index contributed by atoms with van der Waals surface area (Å²) in [6.45, 7) is 2.21. The van der Waals surface area contributed by atoms with Crippen molar-refractivity contribution in [1.82, 2.24) is 4.90 Å². The fourth-order valence-corrected chi connectivity index (χ4v) is 3.40. The molecule has 1 aromatic rings. The number of amidine groups is 1. The van der Waals surface area contributed by atoms with Crippen LogP contribution in [-0.4, -0.2) is 59.5 Å². The first-order chi connectivity index (χ1) is 11.9. The first-order valence-electron chi connectivity index (χ1n) is 7.77. The molecule has 0 radical (unpaired) electrons. The Morgan fingerprint density at radius 1 is 1.36 bits per heavy atom. The molecule has 10 heteroatoms. The summed E-state index contributed by atoms with van der Waals surface area (Å²) in [7, 11) is -3.90. The number of hydrogen-bond donors (Lipinski definition) is 2. The number of aliphatic imine (C=N–C) groups is 3. The van der Waals surface area contributed by atoms with Gasteiger partial charge in [-0.15, -0.1) is 0 Å². The molecule has 4 atom stereocenters. The van der Waals surface area contributed by atoms with Crippen LogP contribution in [0, 0.1) is 0 Å². The fourth-order valence-electron chi connectivity index (χ4n) is 2.45. The van der Waals surface area contributed by atoms with Crippen LogP contribution in [-0.2, 0) is 9.30 Å². The minimum absolute atomic E-state index is 0.289. The maximum atomic E-state index is 12.1. The van der Waals surface area contributed by atoms with Crippen molar-refractivity contribution in [3.05, 3.63) is 30.3 Å². The SMILES string of the molecule is CC(CN1C=NC2C1=NC=NC2N)OCP(=O)(O)Oc1ccccc1. The van der Waals surface area contributed by atoms with Crippen molar-refractivity contribution in [3.8, 4) is 5.75 Å². The van der Waals surface area contributed by atoms with Gasteiger partial charge in [0.25, 0.3) is 0 Å². The molecular formula is C15H20N5O4P. The highest BCUT2D eigenvalue weighted by Crippen LogP contribution is 2.42. The molecule has 0 bridgehead atoms. The predicted octanol–water partition coefficient (Wildman–Crippen LogP) is 1.05. The molecule has 0 saturated heterocycles. The fraction of sp³-hybridized carbons (Fsp3) is 0.400. The average Bonchev–Trinajstić information content (AvgIpc) is 2.98. The van der Waals surface area contributed by atoms with Gasteiger partial charge in [-0.1, -0.05) is 18.2 Å². The van der Waals surface area contributed by atoms with Crippen molar-refractivity contribution in [2.45, 2.75) is 25.2 Å². The Kier molecular flexibility index (Phi) is 5.29. The number of ether oxygens (including phenoxy) is 1. The molecule has 2 aliphatic heterocycles. The second-order valence-corrected chi connectivity index (χ2v) is 7.47. The third kappa shape index (κ3) is 4.52. The van der Waals surface area contributed by atoms with Crippen molar-refractivity contribution in [3.63, 3.8) is 0 Å². The van der Waals surface area contributed by atoms with Crippen LogP contribution in [0.3, 0.4) is 0 Å². The third-order valence-corrected chi connectivity index (χ3v) is 4.62. The first kappa shape index (κ1) is 17.8. The topological polar surface area (TPSA) is 122 Å². The van der Waals surface area contributed by atoms with E-state index in [2.05, 4.69) is 15.0 Å². The van der Waals surface area contributed by atoms with Gasteiger partial charge < -0.3 is 24.8 Å². The molecule has 2 heterocycles. The molecule has 3 N–H and O–H groups in total. The molecule has 0 saturated carbocycles. The molecule has 0 spiro atoms. The molecule has 1 aromatic carbocycles. The summed E-state index contributed by atoms with van der Waals surface area (Å²) in [5.41, 5.74) is 5.87. The van der Waals surface area contributed by atoms with E-state index < -0.39 is 20.1 Å². The lowest BCUT2D eigenvalue weighted by atomic mass is 10.2. The zero-order valence-electron chi connectivity index (χ0n) is 13.7. The summed E-state index contributed by atoms with van der Waals surface area (Å²) in [6, 6.07) is 8.17. The number of para-hydroxylation sites is 1. The van der Waals surface area contributed by atoms with Crippen molar-refractivity contribution in [2.75, 3.05) is 12.9 Å². The van der Waals surface area contributed by atoms with Gasteiger partial charge in [-0.3, -0.25) is 9.98 Å². The molecule has 9 nitrogen and oxygen atoms in total. The van der Waals surface area contributed by atoms with Gasteiger partial charge in [0.05, 0.1) is 19.0 Å². The summed E-state index contributed by atoms with van der Waals surface area (Å²) < 4.78 is 22.7. The van der Waals surface area contributed by atoms with Gasteiger partial charge in [0.2, 0.25) is 0 Å². The van der Waals surface area contributed by atoms with E-state index in [1.807, 2.05) is 0 Å². The van der Waals surface area contributed by atoms with Crippen LogP contribution < -0.4 is 10.3 Å². The maximum absolute atomic E-state index is 12.1. The standard InChI is InChI=1S/C15H20N5O4P/c1-11(7-20-9-19-13-14(16)17-8-18-15(13)20)23-10-25(21,22)24-12-5-3-2-4-6-12/h2-6,8-9,11,13-14H,7,10,16H2,1H3,(H,21,22). The molecule has 0 amide bonds. The monoisotopic (exact) mass is 365 g/mol. The summed E-state index contributed by atoms with van der Waals surface area (Å²) in [6.07, 6.45) is 1.85. The van der Waals surface area contributed by atoms with E-state index in [4.69, 9.17) is 15.0 Å². The second kappa shape index (κ2) is 7.45. The van der Waals surface area contributed by atoms with E-state index in [1.165, 1.54) is 6.34 Å². The lowest BCUT2D eigenvalue weighted by Gasteiger charge is -2.25. The number of benzene rings is 1. The van der Waals surface area contributed by atoms with E-state index in [9.17, 15) is 9.46 Å². The lowest BCUT2D eigenvalue weighted by Crippen LogP contribution is -2.45. The Morgan fingerprint density at radius 3 is 2.88 bits per heavy atom. The molecular weight excluding hydrogens is 345 g/mol. The van der Waals surface area contributed by atoms with Crippen LogP contribution in [0.1, 0.15) is 6.92 Å². The van der Waals surface area contributed by atoms with Crippen molar-refractivity contribution >= 4 is 26.1 Å². The van der Waals surface area contributed by atoms with E-state index >= 15 is 0 Å². The molecule has 2 aliphatic rings. The summed E-state index contributed by atoms with van der Waals surface area (Å²) >= 11 is 0. The average molecular weight is 365 g/mol. The van der Waals surface area contributed by atoms with E-state index in [-0.39, 0.29) is 12.1 Å². The Labute approximate surface area is 145 Å². The maximum Gasteiger partial charge on any atom is 0.402 e. The van der Waals surface area contributed by atoms with Crippen LogP contribution >= 0.6 is 7.60 Å². The quantitative estimate of drug-likeness (QED) is 0.697. The molecule has 0 aromatic heterocycles. The Balaban J connectivity index is 1.50. The third-order valence-electron chi connectivity index (χ3n) is 3.65. The number of fused-ring (bicyclic) bond motifs is 1. The summed E-state index contributed by atoms with van der Waals surface area (Å²) in [5.74, 6) is 1.02. The van der Waals surface area contributed by atoms with Gasteiger partial charge in [-0.25, -0.2) is 9.56 Å². The van der Waals surface area contributed by atoms with Crippen LogP contribution in [0.25, 0.3) is 0 Å². The lowest BCUT2D eigenvalue weighted by molar-refractivity contribution is 0.0819. The Hall–Kier alpha value is -2.06. The normalized spacial score (nSPS) is 25.2. The largest absolute Gasteiger partial charge is 0.423 e. The predicted molar refractivity (Wildman–Crippen MR) is 95.2 cm³/mol. The zero-order chi connectivity index (χ0) is 17.9. The van der Waals surface area contributed by atoms with Crippen molar-refractivity contribution in [2.24, 2.45) is 20.7 Å². The highest BCUT2D eigenvalue weighted by Gasteiger charge is 2.33. The smallest absolute Gasteiger partial charge is 0.402 e. The zero-order valence-corrected chi connectivity index (χ0v) is 14.6. The van der Waals surface area contributed by atoms with Gasteiger partial charge in [0, 0.05) is 0 Å². The molecule has 0 fully saturated rings.